The number of nitrogens with two attached hydrogens (primary N) is 1. The topological polar surface area (TPSA) is 75.7 Å². The van der Waals surface area contributed by atoms with Gasteiger partial charge in [0, 0.05) is 0 Å². The van der Waals surface area contributed by atoms with Crippen molar-refractivity contribution in [3.63, 3.8) is 0 Å². The summed E-state index contributed by atoms with van der Waals surface area (Å²) in [6.45, 7) is 4.91. The summed E-state index contributed by atoms with van der Waals surface area (Å²) in [7, 11) is 0. The summed E-state index contributed by atoms with van der Waals surface area (Å²) in [5.41, 5.74) is 8.61. The van der Waals surface area contributed by atoms with Crippen LogP contribution in [0.25, 0.3) is 0 Å². The first-order chi connectivity index (χ1) is 12.5. The fourth-order valence-electron chi connectivity index (χ4n) is 3.94. The number of fused-ring (bicyclic) bond motifs is 1. The first-order valence-corrected chi connectivity index (χ1v) is 10.1. The van der Waals surface area contributed by atoms with Crippen molar-refractivity contribution in [3.8, 4) is 0 Å². The molecular formula is C21H32BNO3. The van der Waals surface area contributed by atoms with Gasteiger partial charge in [-0.3, -0.25) is 0 Å². The fraction of sp³-hybridized carbons (Fsp3) is 0.667. The van der Waals surface area contributed by atoms with Gasteiger partial charge in [-0.1, -0.05) is 0 Å². The normalized spacial score (nSPS) is 20.5. The molecule has 0 aliphatic heterocycles. The molecule has 2 atom stereocenters. The van der Waals surface area contributed by atoms with Crippen molar-refractivity contribution >= 4 is 6.91 Å². The molecule has 3 rings (SSSR count). The molecule has 4 N–H and O–H groups in total. The summed E-state index contributed by atoms with van der Waals surface area (Å²) in [4.78, 5) is 0. The van der Waals surface area contributed by atoms with Crippen LogP contribution in [-0.2, 0) is 24.0 Å². The van der Waals surface area contributed by atoms with Gasteiger partial charge < -0.3 is 0 Å². The van der Waals surface area contributed by atoms with E-state index in [9.17, 15) is 10.2 Å². The van der Waals surface area contributed by atoms with Gasteiger partial charge in [0.25, 0.3) is 0 Å². The van der Waals surface area contributed by atoms with E-state index in [0.29, 0.717) is 19.4 Å². The van der Waals surface area contributed by atoms with Crippen LogP contribution in [0.5, 0.6) is 0 Å². The number of hydrogen-bond acceptors (Lipinski definition) is 4. The summed E-state index contributed by atoms with van der Waals surface area (Å²) in [6.07, 6.45) is 9.58. The zero-order valence-corrected chi connectivity index (χ0v) is 15.9. The van der Waals surface area contributed by atoms with Crippen LogP contribution in [0, 0.1) is 5.92 Å². The summed E-state index contributed by atoms with van der Waals surface area (Å²) in [5.74, 6) is 2.82. The quantitative estimate of drug-likeness (QED) is 0.445. The Morgan fingerprint density at radius 1 is 1.46 bits per heavy atom. The van der Waals surface area contributed by atoms with Crippen molar-refractivity contribution in [1.82, 2.24) is 0 Å². The molecule has 1 heterocycles. The number of allylic oxidation sites excluding steroid dienone is 1. The Hall–Kier alpha value is -1.17. The molecule has 2 aliphatic rings. The van der Waals surface area contributed by atoms with E-state index in [1.54, 1.807) is 6.08 Å². The molecule has 142 valence electrons. The van der Waals surface area contributed by atoms with Crippen LogP contribution in [0.2, 0.25) is 0 Å². The molecule has 2 aliphatic carbocycles. The second-order valence-electron chi connectivity index (χ2n) is 7.92. The molecule has 2 unspecified atom stereocenters. The molecule has 26 heavy (non-hydrogen) atoms. The summed E-state index contributed by atoms with van der Waals surface area (Å²) >= 11 is 0. The van der Waals surface area contributed by atoms with Gasteiger partial charge in [-0.15, -0.1) is 0 Å². The number of ether oxygens (including phenoxy) is 1. The average Bonchev–Trinajstić information content (AvgIpc) is 3.32. The molecule has 4 nitrogen and oxygen atoms in total. The number of hydrogen-bond donors (Lipinski definition) is 3. The molecule has 5 heteroatoms. The fourth-order valence-corrected chi connectivity index (χ4v) is 3.94. The number of aryl methyl sites for hydroxylation is 1. The van der Waals surface area contributed by atoms with Gasteiger partial charge in [0.1, 0.15) is 0 Å². The van der Waals surface area contributed by atoms with Crippen LogP contribution in [0.1, 0.15) is 55.6 Å². The van der Waals surface area contributed by atoms with Gasteiger partial charge in [0.15, 0.2) is 0 Å². The molecule has 0 bridgehead atoms. The predicted molar refractivity (Wildman–Crippen MR) is 106 cm³/mol. The maximum atomic E-state index is 11.4. The van der Waals surface area contributed by atoms with Gasteiger partial charge in [-0.05, 0) is 0 Å². The average molecular weight is 357 g/mol. The minimum absolute atomic E-state index is 0.0334. The minimum atomic E-state index is -1.49. The second-order valence-corrected chi connectivity index (χ2v) is 7.92. The monoisotopic (exact) mass is 357 g/mol. The molecule has 0 amide bonds. The molecular weight excluding hydrogens is 325 g/mol. The zero-order chi connectivity index (χ0) is 18.6. The van der Waals surface area contributed by atoms with Crippen LogP contribution < -0.4 is 5.73 Å². The SMILES string of the molecule is CC/C=C(\O)C(O)(Cc1bccc2c1CCC2)C(N)COCCC1CC1. The van der Waals surface area contributed by atoms with E-state index >= 15 is 0 Å². The van der Waals surface area contributed by atoms with E-state index in [-0.39, 0.29) is 12.4 Å². The molecule has 0 radical (unpaired) electrons. The van der Waals surface area contributed by atoms with Gasteiger partial charge in [-0.2, -0.15) is 0 Å². The van der Waals surface area contributed by atoms with Gasteiger partial charge in [0.2, 0.25) is 0 Å². The Labute approximate surface area is 157 Å². The Morgan fingerprint density at radius 2 is 2.27 bits per heavy atom. The Bertz CT molecular complexity index is 644. The Morgan fingerprint density at radius 3 is 3.00 bits per heavy atom. The standard InChI is InChI=1S/C21H32BNO3/c1-2-4-20(24)21(25,19(23)14-26-12-10-15-7-8-15)13-18-17-6-3-5-16(17)9-11-22-18/h4,9,11,15,19,24-25H,2-3,5-8,10,12-14,23H2,1H3/b20-4-. The van der Waals surface area contributed by atoms with Crippen molar-refractivity contribution in [2.75, 3.05) is 13.2 Å². The van der Waals surface area contributed by atoms with Crippen molar-refractivity contribution in [1.29, 1.82) is 0 Å². The van der Waals surface area contributed by atoms with Gasteiger partial charge in [0.05, 0.1) is 0 Å². The number of rotatable bonds is 10. The van der Waals surface area contributed by atoms with Crippen LogP contribution in [0.3, 0.4) is 0 Å². The van der Waals surface area contributed by atoms with Crippen molar-refractivity contribution < 1.29 is 14.9 Å². The van der Waals surface area contributed by atoms with Crippen molar-refractivity contribution in [2.24, 2.45) is 11.7 Å². The van der Waals surface area contributed by atoms with E-state index in [1.807, 2.05) is 12.9 Å². The molecule has 1 aromatic heterocycles. The molecule has 0 saturated heterocycles. The molecule has 0 aromatic carbocycles. The molecule has 1 fully saturated rings. The van der Waals surface area contributed by atoms with E-state index in [2.05, 4.69) is 13.0 Å². The first kappa shape index (κ1) is 19.6. The number of aliphatic hydroxyl groups excluding tert-OH is 1. The van der Waals surface area contributed by atoms with Gasteiger partial charge in [-0.25, -0.2) is 0 Å². The summed E-state index contributed by atoms with van der Waals surface area (Å²) in [5, 5.41) is 21.9. The predicted octanol–water partition coefficient (Wildman–Crippen LogP) is 2.78. The first-order valence-electron chi connectivity index (χ1n) is 10.1. The van der Waals surface area contributed by atoms with E-state index in [4.69, 9.17) is 10.5 Å². The van der Waals surface area contributed by atoms with E-state index in [1.165, 1.54) is 24.0 Å². The summed E-state index contributed by atoms with van der Waals surface area (Å²) < 4.78 is 5.73. The third-order valence-electron chi connectivity index (χ3n) is 5.82. The van der Waals surface area contributed by atoms with Crippen molar-refractivity contribution in [3.05, 3.63) is 40.4 Å². The van der Waals surface area contributed by atoms with E-state index < -0.39 is 11.6 Å². The molecule has 1 aromatic rings. The van der Waals surface area contributed by atoms with Crippen LogP contribution in [0.15, 0.2) is 23.9 Å². The third kappa shape index (κ3) is 4.57. The van der Waals surface area contributed by atoms with Crippen LogP contribution >= 0.6 is 0 Å². The van der Waals surface area contributed by atoms with Crippen LogP contribution in [-0.4, -0.2) is 42.0 Å². The van der Waals surface area contributed by atoms with Gasteiger partial charge >= 0.3 is 157 Å². The number of aliphatic hydroxyl groups is 2. The van der Waals surface area contributed by atoms with E-state index in [0.717, 1.165) is 37.1 Å². The molecule has 1 saturated carbocycles. The zero-order valence-electron chi connectivity index (χ0n) is 15.9. The Kier molecular flexibility index (Phi) is 6.54. The second kappa shape index (κ2) is 8.68. The maximum absolute atomic E-state index is 11.4. The summed E-state index contributed by atoms with van der Waals surface area (Å²) in [6, 6.07) is 1.50. The van der Waals surface area contributed by atoms with Crippen LogP contribution in [0.4, 0.5) is 0 Å². The molecule has 0 spiro atoms. The third-order valence-corrected chi connectivity index (χ3v) is 5.82. The van der Waals surface area contributed by atoms with Crippen molar-refractivity contribution in [2.45, 2.75) is 69.9 Å². The Balaban J connectivity index is 1.72.